The molecule has 0 aliphatic carbocycles. The lowest BCUT2D eigenvalue weighted by Gasteiger charge is -2.35. The first-order chi connectivity index (χ1) is 13.2. The first-order valence-electron chi connectivity index (χ1n) is 9.24. The SMILES string of the molecule is COc1ccc(CN2CCN(c3cc4c(cc3OC)CNC4)C(=O)C2)cc1. The molecule has 0 saturated carbocycles. The third-order valence-electron chi connectivity index (χ3n) is 5.29. The largest absolute Gasteiger partial charge is 0.497 e. The molecule has 142 valence electrons. The van der Waals surface area contributed by atoms with Gasteiger partial charge in [-0.3, -0.25) is 9.69 Å². The first-order valence-corrected chi connectivity index (χ1v) is 9.24. The number of carbonyl (C=O) groups excluding carboxylic acids is 1. The molecule has 0 radical (unpaired) electrons. The maximum Gasteiger partial charge on any atom is 0.241 e. The molecule has 0 bridgehead atoms. The van der Waals surface area contributed by atoms with Crippen LogP contribution < -0.4 is 19.7 Å². The maximum atomic E-state index is 12.9. The van der Waals surface area contributed by atoms with Crippen molar-refractivity contribution < 1.29 is 14.3 Å². The number of piperazine rings is 1. The van der Waals surface area contributed by atoms with E-state index in [9.17, 15) is 4.79 Å². The van der Waals surface area contributed by atoms with E-state index in [2.05, 4.69) is 22.3 Å². The van der Waals surface area contributed by atoms with E-state index in [1.807, 2.05) is 29.2 Å². The highest BCUT2D eigenvalue weighted by atomic mass is 16.5. The van der Waals surface area contributed by atoms with Crippen molar-refractivity contribution in [2.75, 3.05) is 38.8 Å². The molecule has 1 fully saturated rings. The van der Waals surface area contributed by atoms with Crippen molar-refractivity contribution in [2.45, 2.75) is 19.6 Å². The third-order valence-corrected chi connectivity index (χ3v) is 5.29. The zero-order valence-corrected chi connectivity index (χ0v) is 15.8. The normalized spacial score (nSPS) is 17.1. The molecule has 0 spiro atoms. The van der Waals surface area contributed by atoms with Gasteiger partial charge in [-0.2, -0.15) is 0 Å². The number of fused-ring (bicyclic) bond motifs is 1. The molecule has 2 aromatic carbocycles. The number of benzene rings is 2. The van der Waals surface area contributed by atoms with Gasteiger partial charge < -0.3 is 19.7 Å². The highest BCUT2D eigenvalue weighted by Gasteiger charge is 2.28. The first kappa shape index (κ1) is 17.8. The lowest BCUT2D eigenvalue weighted by Crippen LogP contribution is -2.50. The van der Waals surface area contributed by atoms with Gasteiger partial charge in [0.2, 0.25) is 5.91 Å². The van der Waals surface area contributed by atoms with Crippen LogP contribution in [-0.2, 0) is 24.4 Å². The van der Waals surface area contributed by atoms with Crippen LogP contribution in [0.5, 0.6) is 11.5 Å². The van der Waals surface area contributed by atoms with Gasteiger partial charge in [0.1, 0.15) is 11.5 Å². The van der Waals surface area contributed by atoms with Crippen LogP contribution in [0.4, 0.5) is 5.69 Å². The minimum absolute atomic E-state index is 0.110. The fourth-order valence-corrected chi connectivity index (χ4v) is 3.79. The van der Waals surface area contributed by atoms with Gasteiger partial charge in [-0.15, -0.1) is 0 Å². The van der Waals surface area contributed by atoms with Crippen LogP contribution in [-0.4, -0.2) is 44.7 Å². The number of nitrogens with one attached hydrogen (secondary N) is 1. The number of nitrogens with zero attached hydrogens (tertiary/aromatic N) is 2. The summed E-state index contributed by atoms with van der Waals surface area (Å²) < 4.78 is 10.8. The molecule has 27 heavy (non-hydrogen) atoms. The van der Waals surface area contributed by atoms with Crippen LogP contribution >= 0.6 is 0 Å². The fraction of sp³-hybridized carbons (Fsp3) is 0.381. The van der Waals surface area contributed by atoms with E-state index in [0.717, 1.165) is 43.4 Å². The minimum atomic E-state index is 0.110. The van der Waals surface area contributed by atoms with Crippen LogP contribution in [0.15, 0.2) is 36.4 Å². The molecule has 0 aromatic heterocycles. The second-order valence-corrected chi connectivity index (χ2v) is 7.00. The molecule has 6 heteroatoms. The Morgan fingerprint density at radius 2 is 1.74 bits per heavy atom. The molecule has 1 amide bonds. The van der Waals surface area contributed by atoms with Crippen molar-refractivity contribution in [3.05, 3.63) is 53.1 Å². The van der Waals surface area contributed by atoms with E-state index in [4.69, 9.17) is 9.47 Å². The number of rotatable bonds is 5. The Morgan fingerprint density at radius 3 is 2.41 bits per heavy atom. The fourth-order valence-electron chi connectivity index (χ4n) is 3.79. The van der Waals surface area contributed by atoms with Crippen molar-refractivity contribution in [3.63, 3.8) is 0 Å². The number of hydrogen-bond donors (Lipinski definition) is 1. The Morgan fingerprint density at radius 1 is 1.00 bits per heavy atom. The van der Waals surface area contributed by atoms with Crippen molar-refractivity contribution >= 4 is 11.6 Å². The van der Waals surface area contributed by atoms with Crippen molar-refractivity contribution in [2.24, 2.45) is 0 Å². The van der Waals surface area contributed by atoms with Gasteiger partial charge in [0.15, 0.2) is 0 Å². The predicted octanol–water partition coefficient (Wildman–Crippen LogP) is 2.16. The van der Waals surface area contributed by atoms with E-state index >= 15 is 0 Å². The number of hydrogen-bond acceptors (Lipinski definition) is 5. The zero-order chi connectivity index (χ0) is 18.8. The highest BCUT2D eigenvalue weighted by Crippen LogP contribution is 2.34. The van der Waals surface area contributed by atoms with Gasteiger partial charge >= 0.3 is 0 Å². The quantitative estimate of drug-likeness (QED) is 0.878. The van der Waals surface area contributed by atoms with E-state index in [-0.39, 0.29) is 5.91 Å². The monoisotopic (exact) mass is 367 g/mol. The van der Waals surface area contributed by atoms with E-state index in [1.54, 1.807) is 14.2 Å². The maximum absolute atomic E-state index is 12.9. The predicted molar refractivity (Wildman–Crippen MR) is 104 cm³/mol. The smallest absolute Gasteiger partial charge is 0.241 e. The van der Waals surface area contributed by atoms with Gasteiger partial charge in [0, 0.05) is 32.7 Å². The van der Waals surface area contributed by atoms with E-state index < -0.39 is 0 Å². The van der Waals surface area contributed by atoms with Gasteiger partial charge in [0.05, 0.1) is 26.5 Å². The number of methoxy groups -OCH3 is 2. The number of amides is 1. The van der Waals surface area contributed by atoms with Gasteiger partial charge in [-0.1, -0.05) is 12.1 Å². The molecule has 6 nitrogen and oxygen atoms in total. The summed E-state index contributed by atoms with van der Waals surface area (Å²) in [5.41, 5.74) is 4.56. The van der Waals surface area contributed by atoms with Gasteiger partial charge in [0.25, 0.3) is 0 Å². The Labute approximate surface area is 159 Å². The number of anilines is 1. The second-order valence-electron chi connectivity index (χ2n) is 7.00. The Kier molecular flexibility index (Phi) is 5.01. The minimum Gasteiger partial charge on any atom is -0.497 e. The summed E-state index contributed by atoms with van der Waals surface area (Å²) in [4.78, 5) is 16.9. The van der Waals surface area contributed by atoms with Crippen LogP contribution in [0.25, 0.3) is 0 Å². The summed E-state index contributed by atoms with van der Waals surface area (Å²) in [7, 11) is 3.33. The van der Waals surface area contributed by atoms with E-state index in [1.165, 1.54) is 16.7 Å². The molecular weight excluding hydrogens is 342 g/mol. The lowest BCUT2D eigenvalue weighted by molar-refractivity contribution is -0.121. The van der Waals surface area contributed by atoms with Crippen LogP contribution in [0.1, 0.15) is 16.7 Å². The lowest BCUT2D eigenvalue weighted by atomic mass is 10.1. The molecule has 4 rings (SSSR count). The van der Waals surface area contributed by atoms with Gasteiger partial charge in [-0.05, 0) is 41.0 Å². The highest BCUT2D eigenvalue weighted by molar-refractivity contribution is 5.97. The molecule has 1 saturated heterocycles. The van der Waals surface area contributed by atoms with Crippen LogP contribution in [0, 0.1) is 0 Å². The molecule has 2 heterocycles. The topological polar surface area (TPSA) is 54.0 Å². The molecular formula is C21H25N3O3. The summed E-state index contributed by atoms with van der Waals surface area (Å²) >= 11 is 0. The molecule has 0 atom stereocenters. The molecule has 0 unspecified atom stereocenters. The zero-order valence-electron chi connectivity index (χ0n) is 15.8. The average Bonchev–Trinajstić information content (AvgIpc) is 3.15. The molecule has 2 aliphatic heterocycles. The second kappa shape index (κ2) is 7.58. The van der Waals surface area contributed by atoms with Crippen molar-refractivity contribution in [1.82, 2.24) is 10.2 Å². The third kappa shape index (κ3) is 3.63. The Bertz CT molecular complexity index is 835. The summed E-state index contributed by atoms with van der Waals surface area (Å²) in [6.45, 7) is 4.36. The molecule has 1 N–H and O–H groups in total. The summed E-state index contributed by atoms with van der Waals surface area (Å²) in [6.07, 6.45) is 0. The molecule has 2 aromatic rings. The van der Waals surface area contributed by atoms with Gasteiger partial charge in [-0.25, -0.2) is 0 Å². The molecule has 2 aliphatic rings. The van der Waals surface area contributed by atoms with Crippen molar-refractivity contribution in [3.8, 4) is 11.5 Å². The van der Waals surface area contributed by atoms with Crippen LogP contribution in [0.3, 0.4) is 0 Å². The summed E-state index contributed by atoms with van der Waals surface area (Å²) in [6, 6.07) is 12.2. The Balaban J connectivity index is 1.46. The van der Waals surface area contributed by atoms with E-state index in [0.29, 0.717) is 13.1 Å². The average molecular weight is 367 g/mol. The number of ether oxygens (including phenoxy) is 2. The standard InChI is InChI=1S/C21H25N3O3/c1-26-18-5-3-15(4-6-18)13-23-7-8-24(21(25)14-23)19-9-16-11-22-12-17(16)10-20(19)27-2/h3-6,9-10,22H,7-8,11-14H2,1-2H3. The van der Waals surface area contributed by atoms with Crippen LogP contribution in [0.2, 0.25) is 0 Å². The summed E-state index contributed by atoms with van der Waals surface area (Å²) in [5, 5.41) is 3.35. The number of carbonyl (C=O) groups is 1. The summed E-state index contributed by atoms with van der Waals surface area (Å²) in [5.74, 6) is 1.73. The Hall–Kier alpha value is -2.57. The van der Waals surface area contributed by atoms with Crippen molar-refractivity contribution in [1.29, 1.82) is 0 Å².